The second-order valence-corrected chi connectivity index (χ2v) is 11.2. The second kappa shape index (κ2) is 12.3. The van der Waals surface area contributed by atoms with Gasteiger partial charge in [-0.25, -0.2) is 9.59 Å². The Kier molecular flexibility index (Phi) is 8.99. The van der Waals surface area contributed by atoms with E-state index in [0.29, 0.717) is 5.69 Å². The highest BCUT2D eigenvalue weighted by atomic mass is 16.6. The summed E-state index contributed by atoms with van der Waals surface area (Å²) in [6, 6.07) is 8.47. The van der Waals surface area contributed by atoms with E-state index in [0.717, 1.165) is 35.9 Å². The van der Waals surface area contributed by atoms with Crippen molar-refractivity contribution in [2.45, 2.75) is 76.2 Å². The molecule has 2 saturated carbocycles. The number of rotatable bonds is 12. The quantitative estimate of drug-likeness (QED) is 0.362. The Hall–Kier alpha value is -3.64. The molecule has 0 saturated heterocycles. The van der Waals surface area contributed by atoms with E-state index in [1.54, 1.807) is 32.8 Å². The smallest absolute Gasteiger partial charge is 0.409 e. The van der Waals surface area contributed by atoms with Gasteiger partial charge in [0.1, 0.15) is 0 Å². The Balaban J connectivity index is 1.60. The first-order chi connectivity index (χ1) is 19.0. The average molecular weight is 557 g/mol. The van der Waals surface area contributed by atoms with Crippen molar-refractivity contribution in [3.8, 4) is 0 Å². The fraction of sp³-hybridized carbons (Fsp3) is 0.571. The van der Waals surface area contributed by atoms with Crippen molar-refractivity contribution >= 4 is 18.0 Å². The number of hydrogen-bond donors (Lipinski definition) is 3. The van der Waals surface area contributed by atoms with Gasteiger partial charge in [-0.15, -0.1) is 0 Å². The van der Waals surface area contributed by atoms with E-state index in [4.69, 9.17) is 15.2 Å². The normalized spacial score (nSPS) is 15.8. The van der Waals surface area contributed by atoms with Crippen LogP contribution in [-0.2, 0) is 27.3 Å². The summed E-state index contributed by atoms with van der Waals surface area (Å²) in [5.41, 5.74) is 5.75. The van der Waals surface area contributed by atoms with Crippen LogP contribution >= 0.6 is 0 Å². The van der Waals surface area contributed by atoms with Crippen molar-refractivity contribution in [3.63, 3.8) is 0 Å². The van der Waals surface area contributed by atoms with Crippen molar-refractivity contribution in [2.24, 2.45) is 5.73 Å². The second-order valence-electron chi connectivity index (χ2n) is 11.2. The van der Waals surface area contributed by atoms with Crippen LogP contribution in [-0.4, -0.2) is 82.5 Å². The Morgan fingerprint density at radius 2 is 1.73 bits per heavy atom. The molecule has 1 atom stereocenters. The monoisotopic (exact) mass is 556 g/mol. The minimum Gasteiger partial charge on any atom is -0.449 e. The molecule has 0 spiro atoms. The maximum Gasteiger partial charge on any atom is 0.409 e. The topological polar surface area (TPSA) is 152 Å². The molecule has 0 radical (unpaired) electrons. The van der Waals surface area contributed by atoms with Crippen molar-refractivity contribution in [3.05, 3.63) is 57.5 Å². The van der Waals surface area contributed by atoms with E-state index < -0.39 is 35.2 Å². The van der Waals surface area contributed by atoms with E-state index in [1.807, 2.05) is 30.3 Å². The zero-order valence-corrected chi connectivity index (χ0v) is 23.6. The summed E-state index contributed by atoms with van der Waals surface area (Å²) in [5.74, 6) is -0.459. The predicted octanol–water partition coefficient (Wildman–Crippen LogP) is 2.12. The molecule has 3 amide bonds. The number of benzene rings is 1. The summed E-state index contributed by atoms with van der Waals surface area (Å²) in [6.45, 7) is 3.34. The van der Waals surface area contributed by atoms with Gasteiger partial charge in [-0.05, 0) is 45.1 Å². The first-order valence-corrected chi connectivity index (χ1v) is 13.7. The van der Waals surface area contributed by atoms with Gasteiger partial charge in [0.15, 0.2) is 0 Å². The van der Waals surface area contributed by atoms with E-state index in [2.05, 4.69) is 10.4 Å². The maximum atomic E-state index is 13.5. The highest BCUT2D eigenvalue weighted by Crippen LogP contribution is 2.27. The van der Waals surface area contributed by atoms with Crippen LogP contribution < -0.4 is 16.6 Å². The molecule has 2 aliphatic carbocycles. The van der Waals surface area contributed by atoms with Gasteiger partial charge in [0, 0.05) is 38.2 Å². The van der Waals surface area contributed by atoms with Crippen LogP contribution in [0, 0.1) is 0 Å². The molecular formula is C28H40N6O6. The van der Waals surface area contributed by atoms with Gasteiger partial charge < -0.3 is 30.3 Å². The third kappa shape index (κ3) is 7.30. The molecule has 4 N–H and O–H groups in total. The van der Waals surface area contributed by atoms with Gasteiger partial charge in [0.25, 0.3) is 5.56 Å². The molecule has 1 aromatic heterocycles. The highest BCUT2D eigenvalue weighted by molar-refractivity contribution is 5.85. The summed E-state index contributed by atoms with van der Waals surface area (Å²) >= 11 is 0. The van der Waals surface area contributed by atoms with E-state index in [9.17, 15) is 19.2 Å². The number of H-pyrrole nitrogens is 1. The summed E-state index contributed by atoms with van der Waals surface area (Å²) < 4.78 is 12.3. The molecule has 1 unspecified atom stereocenters. The Morgan fingerprint density at radius 1 is 1.10 bits per heavy atom. The lowest BCUT2D eigenvalue weighted by Crippen LogP contribution is -2.50. The molecule has 2 fully saturated rings. The lowest BCUT2D eigenvalue weighted by molar-refractivity contribution is -0.126. The zero-order valence-electron chi connectivity index (χ0n) is 23.6. The number of carbonyl (C=O) groups excluding carboxylic acids is 3. The molecule has 2 aromatic rings. The molecule has 218 valence electrons. The lowest BCUT2D eigenvalue weighted by Gasteiger charge is -2.24. The van der Waals surface area contributed by atoms with Crippen molar-refractivity contribution in [1.29, 1.82) is 0 Å². The number of amides is 3. The molecule has 1 aromatic carbocycles. The van der Waals surface area contributed by atoms with Crippen LogP contribution in [0.1, 0.15) is 62.4 Å². The van der Waals surface area contributed by atoms with Crippen LogP contribution in [0.25, 0.3) is 0 Å². The Labute approximate surface area is 233 Å². The molecule has 1 heterocycles. The molecule has 40 heavy (non-hydrogen) atoms. The number of ether oxygens (including phenoxy) is 2. The summed E-state index contributed by atoms with van der Waals surface area (Å²) in [6.07, 6.45) is 3.21. The Bertz CT molecular complexity index is 1260. The van der Waals surface area contributed by atoms with Gasteiger partial charge in [-0.1, -0.05) is 30.3 Å². The zero-order chi connectivity index (χ0) is 29.0. The standard InChI is InChI=1S/C28H40N6O6/c1-28(2,29)25(36)30-22(17-39-16-18-8-6-5-7-9-18)23-21(14-15-40-27(38)33(4)20-12-13-20)24(35)34(31-23)26(37)32(3)19-10-11-19/h5-9,19-20,22,31H,10-17,29H2,1-4H3,(H,30,36). The minimum absolute atomic E-state index is 0.000524. The maximum absolute atomic E-state index is 13.5. The molecule has 4 rings (SSSR count). The number of nitrogens with one attached hydrogen (secondary N) is 2. The van der Waals surface area contributed by atoms with Gasteiger partial charge in [0.2, 0.25) is 5.91 Å². The van der Waals surface area contributed by atoms with E-state index in [-0.39, 0.29) is 43.9 Å². The SMILES string of the molecule is CN(C(=O)OCCc1c(C(COCc2ccccc2)NC(=O)C(C)(C)N)[nH]n(C(=O)N(C)C2CC2)c1=O)C1CC1. The number of nitrogens with zero attached hydrogens (tertiary/aromatic N) is 3. The van der Waals surface area contributed by atoms with Gasteiger partial charge in [-0.3, -0.25) is 14.7 Å². The molecular weight excluding hydrogens is 516 g/mol. The Morgan fingerprint density at radius 3 is 2.33 bits per heavy atom. The van der Waals surface area contributed by atoms with Crippen LogP contribution in [0.2, 0.25) is 0 Å². The summed E-state index contributed by atoms with van der Waals surface area (Å²) in [4.78, 5) is 55.1. The highest BCUT2D eigenvalue weighted by Gasteiger charge is 2.35. The van der Waals surface area contributed by atoms with E-state index >= 15 is 0 Å². The van der Waals surface area contributed by atoms with Crippen molar-refractivity contribution in [1.82, 2.24) is 24.9 Å². The number of hydrogen-bond acceptors (Lipinski definition) is 7. The van der Waals surface area contributed by atoms with Crippen LogP contribution in [0.3, 0.4) is 0 Å². The predicted molar refractivity (Wildman–Crippen MR) is 148 cm³/mol. The fourth-order valence-electron chi connectivity index (χ4n) is 4.29. The molecule has 0 aliphatic heterocycles. The third-order valence-electron chi connectivity index (χ3n) is 7.20. The number of aromatic nitrogens is 2. The molecule has 0 bridgehead atoms. The van der Waals surface area contributed by atoms with Crippen LogP contribution in [0.5, 0.6) is 0 Å². The van der Waals surface area contributed by atoms with Gasteiger partial charge in [-0.2, -0.15) is 4.68 Å². The molecule has 2 aliphatic rings. The van der Waals surface area contributed by atoms with Crippen LogP contribution in [0.4, 0.5) is 9.59 Å². The first-order valence-electron chi connectivity index (χ1n) is 13.7. The van der Waals surface area contributed by atoms with E-state index in [1.165, 1.54) is 4.90 Å². The minimum atomic E-state index is -1.20. The largest absolute Gasteiger partial charge is 0.449 e. The number of carbonyl (C=O) groups is 3. The van der Waals surface area contributed by atoms with Crippen LogP contribution in [0.15, 0.2) is 35.1 Å². The third-order valence-corrected chi connectivity index (χ3v) is 7.20. The van der Waals surface area contributed by atoms with Gasteiger partial charge in [0.05, 0.1) is 37.1 Å². The summed E-state index contributed by atoms with van der Waals surface area (Å²) in [5, 5.41) is 5.81. The molecule has 12 nitrogen and oxygen atoms in total. The average Bonchev–Trinajstić information content (AvgIpc) is 3.85. The molecule has 12 heteroatoms. The van der Waals surface area contributed by atoms with Gasteiger partial charge >= 0.3 is 12.1 Å². The van der Waals surface area contributed by atoms with Crippen molar-refractivity contribution in [2.75, 3.05) is 27.3 Å². The lowest BCUT2D eigenvalue weighted by atomic mass is 10.0. The number of nitrogens with two attached hydrogens (primary N) is 1. The fourth-order valence-corrected chi connectivity index (χ4v) is 4.29. The first kappa shape index (κ1) is 29.3. The van der Waals surface area contributed by atoms with Crippen molar-refractivity contribution < 1.29 is 23.9 Å². The summed E-state index contributed by atoms with van der Waals surface area (Å²) in [7, 11) is 3.34. The number of aromatic amines is 1.